The normalized spacial score (nSPS) is 11.5. The maximum atomic E-state index is 6.92. The molecule has 0 aliphatic heterocycles. The van der Waals surface area contributed by atoms with Gasteiger partial charge in [-0.15, -0.1) is 0 Å². The molecule has 0 heterocycles. The molecule has 0 saturated heterocycles. The summed E-state index contributed by atoms with van der Waals surface area (Å²) in [4.78, 5) is 4.20. The van der Waals surface area contributed by atoms with E-state index in [0.29, 0.717) is 0 Å². The maximum absolute atomic E-state index is 6.92. The molecule has 4 nitrogen and oxygen atoms in total. The van der Waals surface area contributed by atoms with Crippen molar-refractivity contribution in [2.45, 2.75) is 0 Å². The van der Waals surface area contributed by atoms with Crippen LogP contribution in [0, 0.1) is 0 Å². The van der Waals surface area contributed by atoms with Crippen molar-refractivity contribution in [1.29, 1.82) is 0 Å². The Morgan fingerprint density at radius 3 is 1.09 bits per heavy atom. The van der Waals surface area contributed by atoms with Crippen LogP contribution in [0.5, 0.6) is 11.5 Å². The summed E-state index contributed by atoms with van der Waals surface area (Å²) >= 11 is -3.92. The molecule has 4 aromatic rings. The van der Waals surface area contributed by atoms with Crippen molar-refractivity contribution < 1.29 is 6.20 Å². The molecule has 0 fully saturated rings. The first-order chi connectivity index (χ1) is 16.0. The number of para-hydroxylation sites is 2. The van der Waals surface area contributed by atoms with Crippen LogP contribution in [0.3, 0.4) is 0 Å². The molecule has 0 amide bonds. The van der Waals surface area contributed by atoms with Crippen LogP contribution in [-0.2, 0) is 0 Å². The molecule has 0 aliphatic rings. The molecule has 0 N–H and O–H groups in total. The van der Waals surface area contributed by atoms with Gasteiger partial charge in [0.2, 0.25) is 0 Å². The summed E-state index contributed by atoms with van der Waals surface area (Å²) in [5.41, 5.74) is 2.27. The minimum absolute atomic E-state index is 0.808. The van der Waals surface area contributed by atoms with E-state index < -0.39 is 19.0 Å². The Bertz CT molecular complexity index is 1050. The van der Waals surface area contributed by atoms with Crippen LogP contribution in [-0.4, -0.2) is 47.2 Å². The SMILES string of the molecule is CN(C)c1ccc([Te](Oc2ccccc2)(Oc2ccccc2)c2ccc(N(C)C)cc2)cc1. The van der Waals surface area contributed by atoms with Crippen LogP contribution in [0.15, 0.2) is 109 Å². The minimum atomic E-state index is -3.92. The molecule has 0 spiro atoms. The predicted octanol–water partition coefficient (Wildman–Crippen LogP) is 4.53. The second kappa shape index (κ2) is 10.2. The molecule has 0 atom stereocenters. The fourth-order valence-electron chi connectivity index (χ4n) is 3.42. The molecule has 4 aromatic carbocycles. The third-order valence-corrected chi connectivity index (χ3v) is 12.8. The van der Waals surface area contributed by atoms with Crippen LogP contribution in [0.4, 0.5) is 11.4 Å². The Morgan fingerprint density at radius 1 is 0.455 bits per heavy atom. The van der Waals surface area contributed by atoms with Gasteiger partial charge in [0.05, 0.1) is 0 Å². The molecule has 0 bridgehead atoms. The second-order valence-electron chi connectivity index (χ2n) is 8.07. The van der Waals surface area contributed by atoms with Crippen molar-refractivity contribution in [3.8, 4) is 11.5 Å². The summed E-state index contributed by atoms with van der Waals surface area (Å²) < 4.78 is 16.0. The first-order valence-electron chi connectivity index (χ1n) is 10.8. The van der Waals surface area contributed by atoms with Gasteiger partial charge in [-0.25, -0.2) is 0 Å². The van der Waals surface area contributed by atoms with Crippen LogP contribution < -0.4 is 23.2 Å². The molecule has 0 radical (unpaired) electrons. The Morgan fingerprint density at radius 2 is 0.788 bits per heavy atom. The molecule has 33 heavy (non-hydrogen) atoms. The van der Waals surface area contributed by atoms with Crippen molar-refractivity contribution in [3.63, 3.8) is 0 Å². The van der Waals surface area contributed by atoms with E-state index in [-0.39, 0.29) is 0 Å². The third-order valence-electron chi connectivity index (χ3n) is 5.24. The zero-order valence-electron chi connectivity index (χ0n) is 19.5. The molecule has 0 aliphatic carbocycles. The number of hydrogen-bond donors (Lipinski definition) is 0. The molecule has 0 saturated carbocycles. The number of benzene rings is 4. The standard InChI is InChI=1S/C28H30N2O2Te/c1-29(2)23-15-19-27(20-16-23)33(31-25-11-7-5-8-12-25,32-26-13-9-6-10-14-26)28-21-17-24(18-22-28)30(3)4/h5-22H,1-4H3. The van der Waals surface area contributed by atoms with Crippen molar-refractivity contribution in [2.24, 2.45) is 0 Å². The van der Waals surface area contributed by atoms with Gasteiger partial charge in [0, 0.05) is 0 Å². The average Bonchev–Trinajstić information content (AvgIpc) is 2.85. The molecule has 0 aromatic heterocycles. The Hall–Kier alpha value is -3.13. The first kappa shape index (κ1) is 23.0. The Labute approximate surface area is 201 Å². The summed E-state index contributed by atoms with van der Waals surface area (Å²) in [6, 6.07) is 37.1. The van der Waals surface area contributed by atoms with E-state index >= 15 is 0 Å². The van der Waals surface area contributed by atoms with Gasteiger partial charge in [-0.2, -0.15) is 0 Å². The van der Waals surface area contributed by atoms with Gasteiger partial charge in [0.1, 0.15) is 0 Å². The fraction of sp³-hybridized carbons (Fsp3) is 0.143. The Balaban J connectivity index is 1.91. The average molecular weight is 554 g/mol. The first-order valence-corrected chi connectivity index (χ1v) is 15.1. The number of rotatable bonds is 8. The fourth-order valence-corrected chi connectivity index (χ4v) is 10.4. The molecular weight excluding hydrogens is 524 g/mol. The van der Waals surface area contributed by atoms with Crippen molar-refractivity contribution >= 4 is 37.6 Å². The van der Waals surface area contributed by atoms with E-state index in [9.17, 15) is 0 Å². The van der Waals surface area contributed by atoms with E-state index in [2.05, 4.69) is 58.3 Å². The predicted molar refractivity (Wildman–Crippen MR) is 141 cm³/mol. The topological polar surface area (TPSA) is 24.9 Å². The van der Waals surface area contributed by atoms with Gasteiger partial charge in [0.15, 0.2) is 0 Å². The zero-order valence-corrected chi connectivity index (χ0v) is 21.8. The van der Waals surface area contributed by atoms with Gasteiger partial charge >= 0.3 is 202 Å². The quantitative estimate of drug-likeness (QED) is 0.299. The van der Waals surface area contributed by atoms with E-state index in [4.69, 9.17) is 6.20 Å². The van der Waals surface area contributed by atoms with E-state index in [0.717, 1.165) is 30.1 Å². The summed E-state index contributed by atoms with van der Waals surface area (Å²) in [5, 5.41) is 0. The van der Waals surface area contributed by atoms with Crippen LogP contribution in [0.1, 0.15) is 0 Å². The monoisotopic (exact) mass is 556 g/mol. The Kier molecular flexibility index (Phi) is 7.13. The van der Waals surface area contributed by atoms with Crippen molar-refractivity contribution in [2.75, 3.05) is 38.0 Å². The number of hydrogen-bond acceptors (Lipinski definition) is 4. The molecular formula is C28H30N2O2Te. The van der Waals surface area contributed by atoms with Gasteiger partial charge < -0.3 is 0 Å². The molecule has 170 valence electrons. The summed E-state index contributed by atoms with van der Waals surface area (Å²) in [6.45, 7) is 0. The summed E-state index contributed by atoms with van der Waals surface area (Å²) in [5.74, 6) is 1.62. The summed E-state index contributed by atoms with van der Waals surface area (Å²) in [6.07, 6.45) is 0. The van der Waals surface area contributed by atoms with Gasteiger partial charge in [-0.05, 0) is 0 Å². The number of anilines is 2. The zero-order chi connectivity index (χ0) is 23.3. The van der Waals surface area contributed by atoms with E-state index in [1.165, 1.54) is 0 Å². The summed E-state index contributed by atoms with van der Waals surface area (Å²) in [7, 11) is 8.19. The van der Waals surface area contributed by atoms with E-state index in [1.54, 1.807) is 0 Å². The van der Waals surface area contributed by atoms with Crippen molar-refractivity contribution in [3.05, 3.63) is 109 Å². The second-order valence-corrected chi connectivity index (χ2v) is 14.6. The van der Waals surface area contributed by atoms with Crippen LogP contribution in [0.2, 0.25) is 0 Å². The molecule has 5 heteroatoms. The number of nitrogens with zero attached hydrogens (tertiary/aromatic N) is 2. The van der Waals surface area contributed by atoms with Gasteiger partial charge in [0.25, 0.3) is 0 Å². The van der Waals surface area contributed by atoms with Gasteiger partial charge in [-0.1, -0.05) is 0 Å². The van der Waals surface area contributed by atoms with Crippen molar-refractivity contribution in [1.82, 2.24) is 0 Å². The van der Waals surface area contributed by atoms with Gasteiger partial charge in [-0.3, -0.25) is 0 Å². The van der Waals surface area contributed by atoms with Crippen LogP contribution in [0.25, 0.3) is 0 Å². The molecule has 4 rings (SSSR count). The van der Waals surface area contributed by atoms with Crippen LogP contribution >= 0.6 is 0 Å². The third kappa shape index (κ3) is 5.27. The van der Waals surface area contributed by atoms with E-state index in [1.807, 2.05) is 88.9 Å². The molecule has 0 unspecified atom stereocenters.